The van der Waals surface area contributed by atoms with E-state index in [0.717, 1.165) is 6.07 Å². The van der Waals surface area contributed by atoms with Gasteiger partial charge in [-0.15, -0.1) is 0 Å². The minimum atomic E-state index is -0.725. The average molecular weight is 282 g/mol. The van der Waals surface area contributed by atoms with Gasteiger partial charge in [0.2, 0.25) is 5.76 Å². The number of carbonyl (C=O) groups is 1. The molecule has 2 aromatic rings. The normalized spacial score (nSPS) is 10.5. The third-order valence-electron chi connectivity index (χ3n) is 2.33. The van der Waals surface area contributed by atoms with Crippen molar-refractivity contribution < 1.29 is 28.0 Å². The number of carbonyl (C=O) groups excluding carboxylic acids is 1. The van der Waals surface area contributed by atoms with Gasteiger partial charge in [-0.1, -0.05) is 0 Å². The van der Waals surface area contributed by atoms with Gasteiger partial charge in [-0.25, -0.2) is 9.78 Å². The summed E-state index contributed by atoms with van der Waals surface area (Å²) < 4.78 is 19.6. The smallest absolute Gasteiger partial charge is 0.433 e. The first-order valence-electron chi connectivity index (χ1n) is 5.38. The molecule has 0 saturated heterocycles. The van der Waals surface area contributed by atoms with Crippen LogP contribution in [-0.4, -0.2) is 30.1 Å². The molecule has 0 N–H and O–H groups in total. The summed E-state index contributed by atoms with van der Waals surface area (Å²) in [6, 6.07) is 2.48. The van der Waals surface area contributed by atoms with Crippen molar-refractivity contribution in [3.63, 3.8) is 0 Å². The summed E-state index contributed by atoms with van der Waals surface area (Å²) in [7, 11) is 2.62. The molecule has 0 unspecified atom stereocenters. The molecular weight excluding hydrogens is 272 g/mol. The van der Waals surface area contributed by atoms with Crippen LogP contribution in [0.5, 0.6) is 0 Å². The van der Waals surface area contributed by atoms with Crippen molar-refractivity contribution in [1.82, 2.24) is 4.98 Å². The Hall–Kier alpha value is -2.68. The third-order valence-corrected chi connectivity index (χ3v) is 2.33. The van der Waals surface area contributed by atoms with Gasteiger partial charge in [0.25, 0.3) is 5.89 Å². The third kappa shape index (κ3) is 2.52. The SMILES string of the molecule is COCc1nc(-c2ccc([N+](=O)[O-])o2)oc1C(=O)OC. The number of nitrogens with zero attached hydrogens (tertiary/aromatic N) is 2. The van der Waals surface area contributed by atoms with Gasteiger partial charge in [-0.3, -0.25) is 10.1 Å². The van der Waals surface area contributed by atoms with E-state index in [-0.39, 0.29) is 29.7 Å². The number of hydrogen-bond acceptors (Lipinski definition) is 8. The van der Waals surface area contributed by atoms with Crippen LogP contribution in [0.4, 0.5) is 5.88 Å². The molecule has 20 heavy (non-hydrogen) atoms. The first kappa shape index (κ1) is 13.7. The van der Waals surface area contributed by atoms with E-state index in [1.807, 2.05) is 0 Å². The van der Waals surface area contributed by atoms with Crippen LogP contribution in [0.1, 0.15) is 16.2 Å². The van der Waals surface area contributed by atoms with E-state index >= 15 is 0 Å². The monoisotopic (exact) mass is 282 g/mol. The largest absolute Gasteiger partial charge is 0.463 e. The summed E-state index contributed by atoms with van der Waals surface area (Å²) in [6.45, 7) is 0.0245. The molecule has 2 heterocycles. The molecule has 0 saturated carbocycles. The van der Waals surface area contributed by atoms with E-state index in [0.29, 0.717) is 0 Å². The van der Waals surface area contributed by atoms with Crippen LogP contribution in [0.15, 0.2) is 21.0 Å². The number of oxazole rings is 1. The molecular formula is C11H10N2O7. The molecule has 9 heteroatoms. The second-order valence-corrected chi connectivity index (χ2v) is 3.61. The predicted octanol–water partition coefficient (Wildman–Crippen LogP) is 1.78. The second-order valence-electron chi connectivity index (χ2n) is 3.61. The lowest BCUT2D eigenvalue weighted by Gasteiger charge is -1.96. The molecule has 0 atom stereocenters. The lowest BCUT2D eigenvalue weighted by molar-refractivity contribution is -0.401. The van der Waals surface area contributed by atoms with E-state index < -0.39 is 16.8 Å². The fourth-order valence-electron chi connectivity index (χ4n) is 1.48. The maximum Gasteiger partial charge on any atom is 0.433 e. The lowest BCUT2D eigenvalue weighted by Crippen LogP contribution is -2.04. The Balaban J connectivity index is 2.41. The number of esters is 1. The van der Waals surface area contributed by atoms with Crippen LogP contribution in [0, 0.1) is 10.1 Å². The molecule has 0 amide bonds. The number of methoxy groups -OCH3 is 2. The summed E-state index contributed by atoms with van der Waals surface area (Å²) in [4.78, 5) is 25.4. The highest BCUT2D eigenvalue weighted by Crippen LogP contribution is 2.27. The number of rotatable bonds is 5. The molecule has 0 aliphatic carbocycles. The maximum atomic E-state index is 11.5. The molecule has 0 aliphatic rings. The van der Waals surface area contributed by atoms with Crippen LogP contribution < -0.4 is 0 Å². The van der Waals surface area contributed by atoms with Crippen molar-refractivity contribution in [2.75, 3.05) is 14.2 Å². The maximum absolute atomic E-state index is 11.5. The molecule has 0 bridgehead atoms. The number of nitro groups is 1. The molecule has 9 nitrogen and oxygen atoms in total. The molecule has 0 aliphatic heterocycles. The van der Waals surface area contributed by atoms with Crippen LogP contribution in [-0.2, 0) is 16.1 Å². The lowest BCUT2D eigenvalue weighted by atomic mass is 10.3. The van der Waals surface area contributed by atoms with Crippen molar-refractivity contribution in [2.24, 2.45) is 0 Å². The van der Waals surface area contributed by atoms with Crippen molar-refractivity contribution in [3.05, 3.63) is 33.7 Å². The number of hydrogen-bond donors (Lipinski definition) is 0. The van der Waals surface area contributed by atoms with Gasteiger partial charge in [-0.2, -0.15) is 0 Å². The highest BCUT2D eigenvalue weighted by Gasteiger charge is 2.24. The first-order chi connectivity index (χ1) is 9.56. The zero-order valence-electron chi connectivity index (χ0n) is 10.6. The van der Waals surface area contributed by atoms with Crippen molar-refractivity contribution in [1.29, 1.82) is 0 Å². The molecule has 2 rings (SSSR count). The summed E-state index contributed by atoms with van der Waals surface area (Å²) in [5, 5.41) is 10.5. The minimum absolute atomic E-state index is 0.0245. The molecule has 2 aromatic heterocycles. The number of furan rings is 1. The fourth-order valence-corrected chi connectivity index (χ4v) is 1.48. The zero-order valence-corrected chi connectivity index (χ0v) is 10.6. The molecule has 0 aromatic carbocycles. The van der Waals surface area contributed by atoms with Crippen LogP contribution in [0.25, 0.3) is 11.7 Å². The Labute approximate surface area is 112 Å². The van der Waals surface area contributed by atoms with Gasteiger partial charge in [-0.05, 0) is 6.07 Å². The second kappa shape index (κ2) is 5.53. The quantitative estimate of drug-likeness (QED) is 0.462. The Morgan fingerprint density at radius 3 is 2.70 bits per heavy atom. The van der Waals surface area contributed by atoms with Gasteiger partial charge in [0, 0.05) is 7.11 Å². The molecule has 0 radical (unpaired) electrons. The van der Waals surface area contributed by atoms with Gasteiger partial charge < -0.3 is 18.3 Å². The highest BCUT2D eigenvalue weighted by atomic mass is 16.6. The number of ether oxygens (including phenoxy) is 2. The van der Waals surface area contributed by atoms with Crippen molar-refractivity contribution in [2.45, 2.75) is 6.61 Å². The van der Waals surface area contributed by atoms with Crippen LogP contribution in [0.3, 0.4) is 0 Å². The van der Waals surface area contributed by atoms with Crippen LogP contribution in [0.2, 0.25) is 0 Å². The van der Waals surface area contributed by atoms with Crippen LogP contribution >= 0.6 is 0 Å². The van der Waals surface area contributed by atoms with Gasteiger partial charge >= 0.3 is 11.9 Å². The molecule has 0 spiro atoms. The summed E-state index contributed by atoms with van der Waals surface area (Å²) in [6.07, 6.45) is 0. The van der Waals surface area contributed by atoms with E-state index in [2.05, 4.69) is 9.72 Å². The Kier molecular flexibility index (Phi) is 3.80. The first-order valence-corrected chi connectivity index (χ1v) is 5.38. The van der Waals surface area contributed by atoms with Gasteiger partial charge in [0.05, 0.1) is 19.8 Å². The number of aromatic nitrogens is 1. The minimum Gasteiger partial charge on any atom is -0.463 e. The van der Waals surface area contributed by atoms with Gasteiger partial charge in [0.15, 0.2) is 5.76 Å². The fraction of sp³-hybridized carbons (Fsp3) is 0.273. The van der Waals surface area contributed by atoms with E-state index in [1.165, 1.54) is 20.3 Å². The predicted molar refractivity (Wildman–Crippen MR) is 62.9 cm³/mol. The van der Waals surface area contributed by atoms with E-state index in [4.69, 9.17) is 13.6 Å². The highest BCUT2D eigenvalue weighted by molar-refractivity contribution is 5.87. The topological polar surface area (TPSA) is 118 Å². The van der Waals surface area contributed by atoms with Crippen molar-refractivity contribution >= 4 is 11.9 Å². The molecule has 106 valence electrons. The summed E-state index contributed by atoms with van der Waals surface area (Å²) in [5.41, 5.74) is 0.216. The van der Waals surface area contributed by atoms with Crippen molar-refractivity contribution in [3.8, 4) is 11.7 Å². The average Bonchev–Trinajstić information content (AvgIpc) is 3.04. The summed E-state index contributed by atoms with van der Waals surface area (Å²) >= 11 is 0. The van der Waals surface area contributed by atoms with E-state index in [1.54, 1.807) is 0 Å². The Bertz CT molecular complexity index is 643. The standard InChI is InChI=1S/C11H10N2O7/c1-17-5-6-9(11(14)18-2)20-10(12-6)7-3-4-8(19-7)13(15)16/h3-4H,5H2,1-2H3. The zero-order chi connectivity index (χ0) is 14.7. The Morgan fingerprint density at radius 2 is 2.15 bits per heavy atom. The summed E-state index contributed by atoms with van der Waals surface area (Å²) in [5.74, 6) is -1.35. The van der Waals surface area contributed by atoms with Gasteiger partial charge in [0.1, 0.15) is 10.6 Å². The van der Waals surface area contributed by atoms with E-state index in [9.17, 15) is 14.9 Å². The Morgan fingerprint density at radius 1 is 1.40 bits per heavy atom. The molecule has 0 fully saturated rings.